The van der Waals surface area contributed by atoms with E-state index in [0.717, 1.165) is 17.7 Å². The van der Waals surface area contributed by atoms with Gasteiger partial charge in [0.1, 0.15) is 5.76 Å². The molecule has 0 radical (unpaired) electrons. The van der Waals surface area contributed by atoms with Crippen molar-refractivity contribution >= 4 is 5.78 Å². The van der Waals surface area contributed by atoms with Crippen LogP contribution in [-0.2, 0) is 6.42 Å². The molecule has 0 spiro atoms. The molecule has 0 saturated carbocycles. The fraction of sp³-hybridized carbons (Fsp3) is 0.444. The third kappa shape index (κ3) is 0.821. The van der Waals surface area contributed by atoms with Crippen LogP contribution in [0.25, 0.3) is 0 Å². The van der Waals surface area contributed by atoms with Gasteiger partial charge in [-0.05, 0) is 19.4 Å². The first-order valence-corrected chi connectivity index (χ1v) is 3.82. The summed E-state index contributed by atoms with van der Waals surface area (Å²) in [5, 5.41) is 0. The molecule has 0 aliphatic heterocycles. The van der Waals surface area contributed by atoms with Crippen molar-refractivity contribution in [3.8, 4) is 0 Å². The number of Topliss-reactive ketones (excluding diaryl/α,β-unsaturated/α-hetero) is 1. The molecule has 1 aromatic heterocycles. The molecule has 1 atom stereocenters. The number of ketones is 1. The summed E-state index contributed by atoms with van der Waals surface area (Å²) in [5.41, 5.74) is 1.08. The topological polar surface area (TPSA) is 30.2 Å². The van der Waals surface area contributed by atoms with Crippen LogP contribution in [0.1, 0.15) is 28.8 Å². The van der Waals surface area contributed by atoms with Crippen molar-refractivity contribution in [3.63, 3.8) is 0 Å². The summed E-state index contributed by atoms with van der Waals surface area (Å²) < 4.78 is 5.26. The van der Waals surface area contributed by atoms with Crippen molar-refractivity contribution in [2.75, 3.05) is 0 Å². The molecule has 1 unspecified atom stereocenters. The van der Waals surface area contributed by atoms with Crippen LogP contribution in [0.3, 0.4) is 0 Å². The summed E-state index contributed by atoms with van der Waals surface area (Å²) in [4.78, 5) is 11.3. The lowest BCUT2D eigenvalue weighted by atomic mass is 10.1. The van der Waals surface area contributed by atoms with E-state index in [1.54, 1.807) is 0 Å². The monoisotopic (exact) mass is 150 g/mol. The Labute approximate surface area is 65.2 Å². The Kier molecular flexibility index (Phi) is 1.19. The Hall–Kier alpha value is -1.05. The van der Waals surface area contributed by atoms with Crippen LogP contribution in [0.2, 0.25) is 0 Å². The molecule has 58 valence electrons. The predicted octanol–water partition coefficient (Wildman–Crippen LogP) is 1.96. The van der Waals surface area contributed by atoms with E-state index in [1.165, 1.54) is 0 Å². The number of fused-ring (bicyclic) bond motifs is 1. The molecular formula is C9H10O2. The highest BCUT2D eigenvalue weighted by Gasteiger charge is 2.30. The number of hydrogen-bond acceptors (Lipinski definition) is 2. The zero-order valence-electron chi connectivity index (χ0n) is 6.68. The molecule has 0 N–H and O–H groups in total. The molecule has 0 amide bonds. The van der Waals surface area contributed by atoms with Gasteiger partial charge in [0.05, 0.1) is 0 Å². The molecule has 0 aromatic carbocycles. The van der Waals surface area contributed by atoms with Crippen molar-refractivity contribution in [3.05, 3.63) is 23.2 Å². The van der Waals surface area contributed by atoms with Crippen LogP contribution in [0.5, 0.6) is 0 Å². The van der Waals surface area contributed by atoms with E-state index in [2.05, 4.69) is 0 Å². The van der Waals surface area contributed by atoms with Gasteiger partial charge in [-0.15, -0.1) is 0 Å². The van der Waals surface area contributed by atoms with Gasteiger partial charge < -0.3 is 4.42 Å². The first-order valence-electron chi connectivity index (χ1n) is 3.82. The van der Waals surface area contributed by atoms with E-state index in [0.29, 0.717) is 5.76 Å². The summed E-state index contributed by atoms with van der Waals surface area (Å²) >= 11 is 0. The first kappa shape index (κ1) is 6.65. The van der Waals surface area contributed by atoms with Crippen LogP contribution < -0.4 is 0 Å². The maximum atomic E-state index is 11.3. The highest BCUT2D eigenvalue weighted by atomic mass is 16.3. The Morgan fingerprint density at radius 3 is 3.00 bits per heavy atom. The van der Waals surface area contributed by atoms with Gasteiger partial charge in [-0.3, -0.25) is 4.79 Å². The molecule has 11 heavy (non-hydrogen) atoms. The number of carbonyl (C=O) groups excluding carboxylic acids is 1. The van der Waals surface area contributed by atoms with E-state index in [9.17, 15) is 4.79 Å². The quantitative estimate of drug-likeness (QED) is 0.566. The van der Waals surface area contributed by atoms with Gasteiger partial charge in [0.2, 0.25) is 5.78 Å². The maximum absolute atomic E-state index is 11.3. The van der Waals surface area contributed by atoms with Gasteiger partial charge in [0.15, 0.2) is 5.76 Å². The van der Waals surface area contributed by atoms with Crippen molar-refractivity contribution in [2.24, 2.45) is 5.92 Å². The molecule has 2 heteroatoms. The van der Waals surface area contributed by atoms with E-state index in [-0.39, 0.29) is 11.7 Å². The summed E-state index contributed by atoms with van der Waals surface area (Å²) in [5.74, 6) is 1.72. The molecule has 2 nitrogen and oxygen atoms in total. The van der Waals surface area contributed by atoms with Gasteiger partial charge in [-0.25, -0.2) is 0 Å². The summed E-state index contributed by atoms with van der Waals surface area (Å²) in [6.45, 7) is 3.81. The molecule has 1 aromatic rings. The molecule has 0 bridgehead atoms. The van der Waals surface area contributed by atoms with Gasteiger partial charge >= 0.3 is 0 Å². The second-order valence-electron chi connectivity index (χ2n) is 3.18. The van der Waals surface area contributed by atoms with Crippen molar-refractivity contribution in [2.45, 2.75) is 20.3 Å². The standard InChI is InChI=1S/C9H10O2/c1-5-3-7-4-6(2)11-9(7)8(5)10/h4-5H,3H2,1-2H3. The third-order valence-electron chi connectivity index (χ3n) is 2.13. The molecule has 0 saturated heterocycles. The number of rotatable bonds is 0. The number of hydrogen-bond donors (Lipinski definition) is 0. The lowest BCUT2D eigenvalue weighted by molar-refractivity contribution is 0.0920. The number of aryl methyl sites for hydroxylation is 1. The van der Waals surface area contributed by atoms with E-state index < -0.39 is 0 Å². The lowest BCUT2D eigenvalue weighted by Crippen LogP contribution is -2.03. The summed E-state index contributed by atoms with van der Waals surface area (Å²) in [7, 11) is 0. The van der Waals surface area contributed by atoms with Crippen LogP contribution >= 0.6 is 0 Å². The Morgan fingerprint density at radius 1 is 1.64 bits per heavy atom. The van der Waals surface area contributed by atoms with Crippen LogP contribution in [0.15, 0.2) is 10.5 Å². The lowest BCUT2D eigenvalue weighted by Gasteiger charge is -1.94. The normalized spacial score (nSPS) is 22.4. The van der Waals surface area contributed by atoms with Crippen LogP contribution in [-0.4, -0.2) is 5.78 Å². The Bertz CT molecular complexity index is 309. The molecular weight excluding hydrogens is 140 g/mol. The third-order valence-corrected chi connectivity index (χ3v) is 2.13. The fourth-order valence-electron chi connectivity index (χ4n) is 1.57. The average Bonchev–Trinajstić information content (AvgIpc) is 2.37. The summed E-state index contributed by atoms with van der Waals surface area (Å²) in [6, 6.07) is 1.96. The van der Waals surface area contributed by atoms with Crippen molar-refractivity contribution < 1.29 is 9.21 Å². The number of carbonyl (C=O) groups is 1. The molecule has 1 aliphatic carbocycles. The average molecular weight is 150 g/mol. The highest BCUT2D eigenvalue weighted by molar-refractivity contribution is 5.99. The second kappa shape index (κ2) is 1.97. The van der Waals surface area contributed by atoms with Crippen LogP contribution in [0, 0.1) is 12.8 Å². The van der Waals surface area contributed by atoms with Crippen molar-refractivity contribution in [1.82, 2.24) is 0 Å². The minimum absolute atomic E-state index is 0.129. The Balaban J connectivity index is 2.52. The van der Waals surface area contributed by atoms with Crippen LogP contribution in [0.4, 0.5) is 0 Å². The maximum Gasteiger partial charge on any atom is 0.201 e. The van der Waals surface area contributed by atoms with E-state index in [1.807, 2.05) is 19.9 Å². The Morgan fingerprint density at radius 2 is 2.36 bits per heavy atom. The first-order chi connectivity index (χ1) is 5.18. The van der Waals surface area contributed by atoms with Gasteiger partial charge in [0, 0.05) is 11.5 Å². The van der Waals surface area contributed by atoms with Gasteiger partial charge in [0.25, 0.3) is 0 Å². The van der Waals surface area contributed by atoms with Crippen molar-refractivity contribution in [1.29, 1.82) is 0 Å². The minimum atomic E-state index is 0.129. The van der Waals surface area contributed by atoms with Gasteiger partial charge in [-0.2, -0.15) is 0 Å². The largest absolute Gasteiger partial charge is 0.458 e. The molecule has 0 fully saturated rings. The number of furan rings is 1. The smallest absolute Gasteiger partial charge is 0.201 e. The van der Waals surface area contributed by atoms with E-state index in [4.69, 9.17) is 4.42 Å². The zero-order chi connectivity index (χ0) is 8.01. The molecule has 1 heterocycles. The fourth-order valence-corrected chi connectivity index (χ4v) is 1.57. The summed E-state index contributed by atoms with van der Waals surface area (Å²) in [6.07, 6.45) is 0.853. The predicted molar refractivity (Wildman–Crippen MR) is 40.6 cm³/mol. The minimum Gasteiger partial charge on any atom is -0.458 e. The molecule has 1 aliphatic rings. The molecule has 2 rings (SSSR count). The van der Waals surface area contributed by atoms with Gasteiger partial charge in [-0.1, -0.05) is 6.92 Å². The SMILES string of the molecule is Cc1cc2c(o1)C(=O)C(C)C2. The zero-order valence-corrected chi connectivity index (χ0v) is 6.68. The second-order valence-corrected chi connectivity index (χ2v) is 3.18. The van der Waals surface area contributed by atoms with E-state index >= 15 is 0 Å². The highest BCUT2D eigenvalue weighted by Crippen LogP contribution is 2.28.